The monoisotopic (exact) mass is 287 g/mol. The van der Waals surface area contributed by atoms with Gasteiger partial charge in [0.05, 0.1) is 5.92 Å². The van der Waals surface area contributed by atoms with Crippen LogP contribution in [-0.2, 0) is 15.9 Å². The van der Waals surface area contributed by atoms with E-state index in [1.54, 1.807) is 0 Å². The van der Waals surface area contributed by atoms with E-state index in [0.717, 1.165) is 51.6 Å². The zero-order chi connectivity index (χ0) is 15.3. The molecule has 0 aliphatic rings. The number of nitrogens with one attached hydrogen (secondary N) is 1. The molecule has 0 aliphatic heterocycles. The number of benzene rings is 1. The summed E-state index contributed by atoms with van der Waals surface area (Å²) in [5.74, 6) is -0.321. The highest BCUT2D eigenvalue weighted by molar-refractivity contribution is 6.05. The molecular formula is C17H26BNO2. The Bertz CT molecular complexity index is 384. The third kappa shape index (κ3) is 7.91. The average Bonchev–Trinajstić information content (AvgIpc) is 2.53. The quantitative estimate of drug-likeness (QED) is 0.502. The van der Waals surface area contributed by atoms with Crippen molar-refractivity contribution in [3.05, 3.63) is 35.9 Å². The van der Waals surface area contributed by atoms with Crippen LogP contribution in [0, 0.1) is 5.92 Å². The molecule has 0 bridgehead atoms. The van der Waals surface area contributed by atoms with E-state index in [9.17, 15) is 4.79 Å². The zero-order valence-corrected chi connectivity index (χ0v) is 13.0. The minimum Gasteiger partial charge on any atom is -0.543 e. The molecular weight excluding hydrogens is 261 g/mol. The first-order valence-electron chi connectivity index (χ1n) is 7.93. The number of rotatable bonds is 11. The Morgan fingerprint density at radius 3 is 2.57 bits per heavy atom. The highest BCUT2D eigenvalue weighted by Crippen LogP contribution is 2.16. The normalized spacial score (nSPS) is 12.0. The molecule has 1 aromatic carbocycles. The molecule has 3 nitrogen and oxygen atoms in total. The molecule has 0 saturated carbocycles. The molecule has 4 heteroatoms. The Kier molecular flexibility index (Phi) is 9.63. The second kappa shape index (κ2) is 11.4. The van der Waals surface area contributed by atoms with Crippen LogP contribution in [0.15, 0.2) is 30.3 Å². The molecule has 0 saturated heterocycles. The van der Waals surface area contributed by atoms with Crippen molar-refractivity contribution in [2.75, 3.05) is 13.1 Å². The summed E-state index contributed by atoms with van der Waals surface area (Å²) in [6.07, 6.45) is 5.85. The molecule has 0 amide bonds. The number of unbranched alkanes of at least 4 members (excludes halogenated alkanes) is 1. The zero-order valence-electron chi connectivity index (χ0n) is 13.0. The average molecular weight is 287 g/mol. The second-order valence-electron chi connectivity index (χ2n) is 5.40. The lowest BCUT2D eigenvalue weighted by Gasteiger charge is -2.14. The van der Waals surface area contributed by atoms with E-state index in [1.807, 2.05) is 6.07 Å². The summed E-state index contributed by atoms with van der Waals surface area (Å²) < 4.78 is 4.39. The molecule has 1 rings (SSSR count). The van der Waals surface area contributed by atoms with Crippen LogP contribution in [0.3, 0.4) is 0 Å². The Balaban J connectivity index is 2.11. The summed E-state index contributed by atoms with van der Waals surface area (Å²) in [5, 5.41) is 3.42. The van der Waals surface area contributed by atoms with E-state index in [-0.39, 0.29) is 11.9 Å². The minimum atomic E-state index is -0.271. The maximum atomic E-state index is 11.6. The van der Waals surface area contributed by atoms with Gasteiger partial charge in [-0.25, -0.2) is 0 Å². The van der Waals surface area contributed by atoms with Gasteiger partial charge < -0.3 is 9.97 Å². The Morgan fingerprint density at radius 2 is 1.90 bits per heavy atom. The van der Waals surface area contributed by atoms with E-state index in [4.69, 9.17) is 8.05 Å². The van der Waals surface area contributed by atoms with Gasteiger partial charge in [-0.2, -0.15) is 0 Å². The van der Waals surface area contributed by atoms with E-state index >= 15 is 0 Å². The van der Waals surface area contributed by atoms with E-state index in [0.29, 0.717) is 0 Å². The molecule has 2 radical (unpaired) electrons. The summed E-state index contributed by atoms with van der Waals surface area (Å²) in [6.45, 7) is 4.01. The predicted octanol–water partition coefficient (Wildman–Crippen LogP) is 3.03. The van der Waals surface area contributed by atoms with Crippen molar-refractivity contribution >= 4 is 14.0 Å². The van der Waals surface area contributed by atoms with Crippen molar-refractivity contribution in [3.8, 4) is 0 Å². The maximum Gasteiger partial charge on any atom is 0.378 e. The number of hydrogen-bond acceptors (Lipinski definition) is 3. The minimum absolute atomic E-state index is 0.0501. The molecule has 1 unspecified atom stereocenters. The first kappa shape index (κ1) is 17.8. The number of carbonyl (C=O) groups is 1. The van der Waals surface area contributed by atoms with Gasteiger partial charge in [0.25, 0.3) is 5.97 Å². The second-order valence-corrected chi connectivity index (χ2v) is 5.40. The lowest BCUT2D eigenvalue weighted by Crippen LogP contribution is -2.22. The van der Waals surface area contributed by atoms with Gasteiger partial charge in [0.2, 0.25) is 0 Å². The van der Waals surface area contributed by atoms with E-state index < -0.39 is 0 Å². The molecule has 0 aromatic heterocycles. The van der Waals surface area contributed by atoms with Gasteiger partial charge in [0.1, 0.15) is 0 Å². The van der Waals surface area contributed by atoms with Crippen molar-refractivity contribution < 1.29 is 9.45 Å². The molecule has 0 fully saturated rings. The molecule has 0 spiro atoms. The first-order chi connectivity index (χ1) is 10.3. The Labute approximate surface area is 129 Å². The topological polar surface area (TPSA) is 38.3 Å². The Morgan fingerprint density at radius 1 is 1.19 bits per heavy atom. The van der Waals surface area contributed by atoms with Crippen LogP contribution in [0.4, 0.5) is 0 Å². The van der Waals surface area contributed by atoms with Gasteiger partial charge in [-0.1, -0.05) is 50.1 Å². The smallest absolute Gasteiger partial charge is 0.378 e. The molecule has 114 valence electrons. The largest absolute Gasteiger partial charge is 0.543 e. The van der Waals surface area contributed by atoms with Gasteiger partial charge in [-0.3, -0.25) is 4.79 Å². The summed E-state index contributed by atoms with van der Waals surface area (Å²) in [7, 11) is 5.00. The van der Waals surface area contributed by atoms with Crippen molar-refractivity contribution in [1.29, 1.82) is 0 Å². The van der Waals surface area contributed by atoms with Gasteiger partial charge in [-0.15, -0.1) is 0 Å². The lowest BCUT2D eigenvalue weighted by atomic mass is 9.96. The van der Waals surface area contributed by atoms with Gasteiger partial charge >= 0.3 is 8.05 Å². The Hall–Kier alpha value is -1.29. The van der Waals surface area contributed by atoms with Crippen molar-refractivity contribution in [2.24, 2.45) is 5.92 Å². The molecule has 0 heterocycles. The van der Waals surface area contributed by atoms with Crippen LogP contribution in [0.1, 0.15) is 44.6 Å². The fraction of sp³-hybridized carbons (Fsp3) is 0.588. The molecule has 1 atom stereocenters. The molecule has 1 aromatic rings. The summed E-state index contributed by atoms with van der Waals surface area (Å²) in [6, 6.07) is 10.4. The fourth-order valence-corrected chi connectivity index (χ4v) is 2.40. The van der Waals surface area contributed by atoms with E-state index in [2.05, 4.69) is 41.2 Å². The van der Waals surface area contributed by atoms with Crippen LogP contribution >= 0.6 is 0 Å². The number of hydrogen-bond donors (Lipinski definition) is 1. The first-order valence-corrected chi connectivity index (χ1v) is 7.93. The highest BCUT2D eigenvalue weighted by Gasteiger charge is 2.17. The van der Waals surface area contributed by atoms with Crippen LogP contribution in [0.5, 0.6) is 0 Å². The third-order valence-electron chi connectivity index (χ3n) is 3.70. The van der Waals surface area contributed by atoms with Crippen LogP contribution in [0.25, 0.3) is 0 Å². The van der Waals surface area contributed by atoms with Crippen molar-refractivity contribution in [2.45, 2.75) is 45.4 Å². The number of carbonyl (C=O) groups excluding carboxylic acids is 1. The third-order valence-corrected chi connectivity index (χ3v) is 3.70. The van der Waals surface area contributed by atoms with Gasteiger partial charge in [0.15, 0.2) is 0 Å². The van der Waals surface area contributed by atoms with Crippen LogP contribution in [0.2, 0.25) is 0 Å². The fourth-order valence-electron chi connectivity index (χ4n) is 2.40. The lowest BCUT2D eigenvalue weighted by molar-refractivity contribution is -0.139. The van der Waals surface area contributed by atoms with Gasteiger partial charge in [0, 0.05) is 0 Å². The van der Waals surface area contributed by atoms with Crippen LogP contribution in [-0.4, -0.2) is 27.1 Å². The summed E-state index contributed by atoms with van der Waals surface area (Å²) in [4.78, 5) is 11.6. The maximum absolute atomic E-state index is 11.6. The van der Waals surface area contributed by atoms with Crippen LogP contribution < -0.4 is 5.32 Å². The summed E-state index contributed by atoms with van der Waals surface area (Å²) in [5.41, 5.74) is 1.34. The molecule has 0 aliphatic carbocycles. The predicted molar refractivity (Wildman–Crippen MR) is 87.1 cm³/mol. The van der Waals surface area contributed by atoms with Gasteiger partial charge in [-0.05, 0) is 44.3 Å². The standard InChI is InChI=1S/C17H26BNO2/c1-2-3-10-16(17(20)21-18)11-7-13-19-14-12-15-8-5-4-6-9-15/h4-6,8-9,16,19H,2-3,7,10-14H2,1H3. The highest BCUT2D eigenvalue weighted by atomic mass is 16.5. The molecule has 21 heavy (non-hydrogen) atoms. The summed E-state index contributed by atoms with van der Waals surface area (Å²) >= 11 is 0. The van der Waals surface area contributed by atoms with Crippen molar-refractivity contribution in [1.82, 2.24) is 5.32 Å². The van der Waals surface area contributed by atoms with E-state index in [1.165, 1.54) is 5.56 Å². The SMILES string of the molecule is [B]OC(=O)C(CCCC)CCCNCCc1ccccc1. The molecule has 1 N–H and O–H groups in total. The van der Waals surface area contributed by atoms with Crippen molar-refractivity contribution in [3.63, 3.8) is 0 Å².